The molecule has 0 fully saturated rings. The molecule has 86 valence electrons. The smallest absolute Gasteiger partial charge is 0.157 e. The van der Waals surface area contributed by atoms with E-state index in [-0.39, 0.29) is 5.75 Å². The fourth-order valence-electron chi connectivity index (χ4n) is 1.18. The van der Waals surface area contributed by atoms with E-state index in [4.69, 9.17) is 5.11 Å². The molecule has 0 aromatic carbocycles. The molecule has 0 unspecified atom stereocenters. The summed E-state index contributed by atoms with van der Waals surface area (Å²) in [5, 5.41) is 17.7. The van der Waals surface area contributed by atoms with E-state index in [1.807, 2.05) is 0 Å². The molecule has 0 radical (unpaired) electrons. The van der Waals surface area contributed by atoms with Crippen LogP contribution in [0.1, 0.15) is 27.7 Å². The third-order valence-electron chi connectivity index (χ3n) is 2.28. The van der Waals surface area contributed by atoms with Gasteiger partial charge in [0.25, 0.3) is 0 Å². The standard InChI is InChI=1S/C9H20O4S/c1-5-14(12,13)7(6-10)8(11)9(2,3)4/h7-8,10-11H,5-6H2,1-4H3/t7-,8+/m1/s1. The zero-order valence-electron chi connectivity index (χ0n) is 9.19. The Labute approximate surface area is 85.9 Å². The van der Waals surface area contributed by atoms with Crippen molar-refractivity contribution in [2.24, 2.45) is 5.41 Å². The number of aliphatic hydroxyl groups excluding tert-OH is 2. The monoisotopic (exact) mass is 224 g/mol. The fourth-order valence-corrected chi connectivity index (χ4v) is 2.64. The van der Waals surface area contributed by atoms with Crippen LogP contribution in [-0.2, 0) is 9.84 Å². The maximum absolute atomic E-state index is 11.5. The van der Waals surface area contributed by atoms with Crippen LogP contribution in [0.4, 0.5) is 0 Å². The molecule has 14 heavy (non-hydrogen) atoms. The summed E-state index contributed by atoms with van der Waals surface area (Å²) < 4.78 is 23.0. The van der Waals surface area contributed by atoms with Gasteiger partial charge in [0, 0.05) is 5.75 Å². The topological polar surface area (TPSA) is 74.6 Å². The lowest BCUT2D eigenvalue weighted by atomic mass is 9.87. The van der Waals surface area contributed by atoms with Gasteiger partial charge in [0.05, 0.1) is 12.7 Å². The average molecular weight is 224 g/mol. The molecule has 0 aromatic heterocycles. The predicted octanol–water partition coefficient (Wildman–Crippen LogP) is 0.189. The molecule has 0 saturated heterocycles. The minimum atomic E-state index is -3.39. The Balaban J connectivity index is 4.93. The van der Waals surface area contributed by atoms with Crippen molar-refractivity contribution in [3.05, 3.63) is 0 Å². The molecule has 0 spiro atoms. The van der Waals surface area contributed by atoms with Crippen LogP contribution in [0.2, 0.25) is 0 Å². The van der Waals surface area contributed by atoms with Gasteiger partial charge < -0.3 is 10.2 Å². The van der Waals surface area contributed by atoms with E-state index in [2.05, 4.69) is 0 Å². The molecular weight excluding hydrogens is 204 g/mol. The Morgan fingerprint density at radius 1 is 1.29 bits per heavy atom. The van der Waals surface area contributed by atoms with Gasteiger partial charge in [-0.05, 0) is 5.41 Å². The SMILES string of the molecule is CCS(=O)(=O)[C@H](CO)[C@H](O)C(C)(C)C. The van der Waals surface area contributed by atoms with E-state index >= 15 is 0 Å². The van der Waals surface area contributed by atoms with Crippen molar-refractivity contribution in [2.45, 2.75) is 39.0 Å². The van der Waals surface area contributed by atoms with Gasteiger partial charge in [0.2, 0.25) is 0 Å². The van der Waals surface area contributed by atoms with E-state index in [0.29, 0.717) is 0 Å². The van der Waals surface area contributed by atoms with Crippen LogP contribution in [0, 0.1) is 5.41 Å². The minimum absolute atomic E-state index is 0.0641. The lowest BCUT2D eigenvalue weighted by Crippen LogP contribution is -2.45. The van der Waals surface area contributed by atoms with E-state index in [1.54, 1.807) is 20.8 Å². The van der Waals surface area contributed by atoms with E-state index in [0.717, 1.165) is 0 Å². The van der Waals surface area contributed by atoms with Crippen LogP contribution >= 0.6 is 0 Å². The van der Waals surface area contributed by atoms with Crippen molar-refractivity contribution in [1.82, 2.24) is 0 Å². The molecule has 0 aromatic rings. The third kappa shape index (κ3) is 3.22. The highest BCUT2D eigenvalue weighted by molar-refractivity contribution is 7.92. The highest BCUT2D eigenvalue weighted by Gasteiger charge is 2.37. The second-order valence-corrected chi connectivity index (χ2v) is 6.99. The maximum Gasteiger partial charge on any atom is 0.157 e. The quantitative estimate of drug-likeness (QED) is 0.715. The second-order valence-electron chi connectivity index (χ2n) is 4.48. The lowest BCUT2D eigenvalue weighted by Gasteiger charge is -2.31. The fraction of sp³-hybridized carbons (Fsp3) is 1.00. The number of sulfone groups is 1. The van der Waals surface area contributed by atoms with Crippen LogP contribution < -0.4 is 0 Å². The van der Waals surface area contributed by atoms with E-state index < -0.39 is 33.2 Å². The van der Waals surface area contributed by atoms with Crippen LogP contribution in [0.25, 0.3) is 0 Å². The molecule has 0 rings (SSSR count). The Morgan fingerprint density at radius 2 is 1.71 bits per heavy atom. The molecule has 0 bridgehead atoms. The molecule has 0 aliphatic rings. The molecule has 0 heterocycles. The number of hydrogen-bond donors (Lipinski definition) is 2. The summed E-state index contributed by atoms with van der Waals surface area (Å²) in [4.78, 5) is 0. The summed E-state index contributed by atoms with van der Waals surface area (Å²) in [6.07, 6.45) is -1.04. The molecule has 5 heteroatoms. The van der Waals surface area contributed by atoms with Crippen LogP contribution in [0.15, 0.2) is 0 Å². The van der Waals surface area contributed by atoms with E-state index in [9.17, 15) is 13.5 Å². The molecule has 4 nitrogen and oxygen atoms in total. The summed E-state index contributed by atoms with van der Waals surface area (Å²) >= 11 is 0. The zero-order chi connectivity index (χ0) is 11.6. The van der Waals surface area contributed by atoms with Crippen LogP contribution in [0.3, 0.4) is 0 Å². The largest absolute Gasteiger partial charge is 0.395 e. The first-order valence-electron chi connectivity index (χ1n) is 4.67. The Bertz CT molecular complexity index is 263. The molecule has 0 amide bonds. The molecule has 2 atom stereocenters. The van der Waals surface area contributed by atoms with Gasteiger partial charge in [-0.25, -0.2) is 8.42 Å². The summed E-state index contributed by atoms with van der Waals surface area (Å²) in [6, 6.07) is 0. The number of aliphatic hydroxyl groups is 2. The van der Waals surface area contributed by atoms with Crippen molar-refractivity contribution in [2.75, 3.05) is 12.4 Å². The zero-order valence-corrected chi connectivity index (χ0v) is 10.0. The number of hydrogen-bond acceptors (Lipinski definition) is 4. The first-order chi connectivity index (χ1) is 6.16. The first kappa shape index (κ1) is 13.9. The van der Waals surface area contributed by atoms with Crippen molar-refractivity contribution in [1.29, 1.82) is 0 Å². The minimum Gasteiger partial charge on any atom is -0.395 e. The van der Waals surface area contributed by atoms with Gasteiger partial charge in [-0.2, -0.15) is 0 Å². The lowest BCUT2D eigenvalue weighted by molar-refractivity contribution is 0.0439. The second kappa shape index (κ2) is 4.59. The molecule has 0 aliphatic carbocycles. The number of rotatable bonds is 4. The third-order valence-corrected chi connectivity index (χ3v) is 4.42. The summed E-state index contributed by atoms with van der Waals surface area (Å²) in [5.74, 6) is -0.0641. The molecular formula is C9H20O4S. The van der Waals surface area contributed by atoms with Gasteiger partial charge >= 0.3 is 0 Å². The first-order valence-corrected chi connectivity index (χ1v) is 6.38. The molecule has 0 aliphatic heterocycles. The summed E-state index contributed by atoms with van der Waals surface area (Å²) in [7, 11) is -3.39. The highest BCUT2D eigenvalue weighted by atomic mass is 32.2. The summed E-state index contributed by atoms with van der Waals surface area (Å²) in [6.45, 7) is 6.20. The normalized spacial score (nSPS) is 17.9. The van der Waals surface area contributed by atoms with Crippen LogP contribution in [0.5, 0.6) is 0 Å². The molecule has 0 saturated carbocycles. The van der Waals surface area contributed by atoms with Gasteiger partial charge in [-0.3, -0.25) is 0 Å². The van der Waals surface area contributed by atoms with Crippen LogP contribution in [-0.4, -0.2) is 42.3 Å². The van der Waals surface area contributed by atoms with Gasteiger partial charge in [-0.15, -0.1) is 0 Å². The Hall–Kier alpha value is -0.130. The summed E-state index contributed by atoms with van der Waals surface area (Å²) in [5.41, 5.74) is -0.546. The van der Waals surface area contributed by atoms with Gasteiger partial charge in [0.15, 0.2) is 9.84 Å². The van der Waals surface area contributed by atoms with Crippen molar-refractivity contribution >= 4 is 9.84 Å². The van der Waals surface area contributed by atoms with Crippen molar-refractivity contribution in [3.63, 3.8) is 0 Å². The Kier molecular flexibility index (Phi) is 4.55. The van der Waals surface area contributed by atoms with E-state index in [1.165, 1.54) is 6.92 Å². The predicted molar refractivity (Wildman–Crippen MR) is 55.8 cm³/mol. The van der Waals surface area contributed by atoms with Gasteiger partial charge in [-0.1, -0.05) is 27.7 Å². The highest BCUT2D eigenvalue weighted by Crippen LogP contribution is 2.25. The van der Waals surface area contributed by atoms with Crippen molar-refractivity contribution < 1.29 is 18.6 Å². The maximum atomic E-state index is 11.5. The molecule has 2 N–H and O–H groups in total. The van der Waals surface area contributed by atoms with Gasteiger partial charge in [0.1, 0.15) is 5.25 Å². The Morgan fingerprint density at radius 3 is 1.93 bits per heavy atom. The van der Waals surface area contributed by atoms with Crippen molar-refractivity contribution in [3.8, 4) is 0 Å². The average Bonchev–Trinajstić information content (AvgIpc) is 2.03.